The summed E-state index contributed by atoms with van der Waals surface area (Å²) in [5.74, 6) is -0.200. The summed E-state index contributed by atoms with van der Waals surface area (Å²) in [7, 11) is 0. The Bertz CT molecular complexity index is 667. The van der Waals surface area contributed by atoms with Crippen LogP contribution in [0.5, 0.6) is 0 Å². The number of aromatic nitrogens is 3. The number of benzene rings is 1. The number of amides is 1. The van der Waals surface area contributed by atoms with Gasteiger partial charge in [0.05, 0.1) is 12.2 Å². The number of nitrogens with one attached hydrogen (secondary N) is 2. The molecule has 7 heteroatoms. The van der Waals surface area contributed by atoms with Crippen LogP contribution in [0.1, 0.15) is 48.3 Å². The first-order valence-corrected chi connectivity index (χ1v) is 8.29. The van der Waals surface area contributed by atoms with Crippen molar-refractivity contribution in [2.45, 2.75) is 38.6 Å². The number of carbonyl (C=O) groups is 1. The van der Waals surface area contributed by atoms with Crippen molar-refractivity contribution in [3.05, 3.63) is 41.7 Å². The lowest BCUT2D eigenvalue weighted by Gasteiger charge is -2.22. The minimum absolute atomic E-state index is 0. The van der Waals surface area contributed by atoms with Crippen molar-refractivity contribution >= 4 is 24.0 Å². The quantitative estimate of drug-likeness (QED) is 0.870. The van der Waals surface area contributed by atoms with Gasteiger partial charge in [0.1, 0.15) is 0 Å². The van der Waals surface area contributed by atoms with E-state index < -0.39 is 0 Å². The Hall–Kier alpha value is -1.92. The Kier molecular flexibility index (Phi) is 6.75. The van der Waals surface area contributed by atoms with E-state index in [0.29, 0.717) is 11.7 Å². The monoisotopic (exact) mass is 349 g/mol. The molecule has 3 rings (SSSR count). The molecular formula is C17H24ClN5O. The summed E-state index contributed by atoms with van der Waals surface area (Å²) < 4.78 is 1.83. The van der Waals surface area contributed by atoms with E-state index in [1.165, 1.54) is 0 Å². The summed E-state index contributed by atoms with van der Waals surface area (Å²) in [6.07, 6.45) is 5.78. The Morgan fingerprint density at radius 3 is 2.83 bits per heavy atom. The van der Waals surface area contributed by atoms with Crippen LogP contribution in [0, 0.1) is 0 Å². The number of halogens is 1. The molecule has 0 aliphatic carbocycles. The lowest BCUT2D eigenvalue weighted by Crippen LogP contribution is -2.29. The topological polar surface area (TPSA) is 71.8 Å². The zero-order chi connectivity index (χ0) is 16.1. The Labute approximate surface area is 148 Å². The van der Waals surface area contributed by atoms with Crippen molar-refractivity contribution in [3.63, 3.8) is 0 Å². The van der Waals surface area contributed by atoms with Gasteiger partial charge in [-0.05, 0) is 44.0 Å². The van der Waals surface area contributed by atoms with Gasteiger partial charge in [-0.2, -0.15) is 0 Å². The van der Waals surface area contributed by atoms with E-state index in [-0.39, 0.29) is 18.3 Å². The highest BCUT2D eigenvalue weighted by atomic mass is 35.5. The van der Waals surface area contributed by atoms with Gasteiger partial charge in [0.15, 0.2) is 5.69 Å². The van der Waals surface area contributed by atoms with Gasteiger partial charge < -0.3 is 10.6 Å². The van der Waals surface area contributed by atoms with E-state index in [4.69, 9.17) is 0 Å². The molecule has 0 unspecified atom stereocenters. The molecule has 1 aromatic carbocycles. The maximum Gasteiger partial charge on any atom is 0.277 e. The Morgan fingerprint density at radius 1 is 1.33 bits per heavy atom. The molecule has 1 fully saturated rings. The average Bonchev–Trinajstić information content (AvgIpc) is 3.08. The lowest BCUT2D eigenvalue weighted by atomic mass is 10.1. The maximum absolute atomic E-state index is 12.4. The van der Waals surface area contributed by atoms with Gasteiger partial charge in [0, 0.05) is 5.69 Å². The highest BCUT2D eigenvalue weighted by Gasteiger charge is 2.19. The molecule has 6 nitrogen and oxygen atoms in total. The first kappa shape index (κ1) is 18.4. The molecule has 0 atom stereocenters. The largest absolute Gasteiger partial charge is 0.320 e. The molecule has 0 saturated carbocycles. The number of piperidine rings is 1. The normalized spacial score (nSPS) is 14.9. The van der Waals surface area contributed by atoms with Gasteiger partial charge in [-0.25, -0.2) is 4.68 Å². The molecule has 0 spiro atoms. The van der Waals surface area contributed by atoms with E-state index >= 15 is 0 Å². The van der Waals surface area contributed by atoms with Crippen LogP contribution in [-0.4, -0.2) is 34.0 Å². The predicted octanol–water partition coefficient (Wildman–Crippen LogP) is 2.83. The fourth-order valence-electron chi connectivity index (χ4n) is 2.95. The standard InChI is InChI=1S/C17H23N5O.ClH/c1-2-5-13-6-3-4-7-15(13)19-17(23)16-12-22(21-20-16)14-8-10-18-11-9-14;/h3-4,6-7,12,14,18H,2,5,8-11H2,1H3,(H,19,23);1H. The highest BCUT2D eigenvalue weighted by molar-refractivity contribution is 6.03. The first-order valence-electron chi connectivity index (χ1n) is 8.29. The number of hydrogen-bond donors (Lipinski definition) is 2. The number of carbonyl (C=O) groups excluding carboxylic acids is 1. The van der Waals surface area contributed by atoms with Gasteiger partial charge in [-0.1, -0.05) is 36.8 Å². The molecule has 24 heavy (non-hydrogen) atoms. The zero-order valence-corrected chi connectivity index (χ0v) is 14.7. The number of rotatable bonds is 5. The molecule has 1 aliphatic rings. The van der Waals surface area contributed by atoms with Crippen LogP contribution in [0.15, 0.2) is 30.5 Å². The Balaban J connectivity index is 0.00000208. The SMILES string of the molecule is CCCc1ccccc1NC(=O)c1cn(C2CCNCC2)nn1.Cl. The minimum atomic E-state index is -0.200. The molecule has 0 bridgehead atoms. The van der Waals surface area contributed by atoms with Crippen molar-refractivity contribution in [3.8, 4) is 0 Å². The first-order chi connectivity index (χ1) is 11.3. The molecule has 1 aliphatic heterocycles. The second kappa shape index (κ2) is 8.80. The van der Waals surface area contributed by atoms with Crippen molar-refractivity contribution in [1.82, 2.24) is 20.3 Å². The number of para-hydroxylation sites is 1. The fourth-order valence-corrected chi connectivity index (χ4v) is 2.95. The van der Waals surface area contributed by atoms with E-state index in [1.54, 1.807) is 6.20 Å². The molecule has 1 saturated heterocycles. The molecule has 2 aromatic rings. The van der Waals surface area contributed by atoms with Gasteiger partial charge in [0.25, 0.3) is 5.91 Å². The predicted molar refractivity (Wildman–Crippen MR) is 96.8 cm³/mol. The van der Waals surface area contributed by atoms with Crippen LogP contribution in [0.25, 0.3) is 0 Å². The van der Waals surface area contributed by atoms with E-state index in [9.17, 15) is 4.79 Å². The molecule has 1 amide bonds. The lowest BCUT2D eigenvalue weighted by molar-refractivity contribution is 0.102. The van der Waals surface area contributed by atoms with Crippen molar-refractivity contribution in [1.29, 1.82) is 0 Å². The molecule has 1 aromatic heterocycles. The molecule has 2 N–H and O–H groups in total. The zero-order valence-electron chi connectivity index (χ0n) is 13.9. The summed E-state index contributed by atoms with van der Waals surface area (Å²) >= 11 is 0. The Morgan fingerprint density at radius 2 is 2.08 bits per heavy atom. The molecule has 130 valence electrons. The van der Waals surface area contributed by atoms with Gasteiger partial charge in [0.2, 0.25) is 0 Å². The van der Waals surface area contributed by atoms with E-state index in [1.807, 2.05) is 28.9 Å². The van der Waals surface area contributed by atoms with Crippen LogP contribution >= 0.6 is 12.4 Å². The molecule has 0 radical (unpaired) electrons. The van der Waals surface area contributed by atoms with Gasteiger partial charge in [-0.15, -0.1) is 17.5 Å². The molecular weight excluding hydrogens is 326 g/mol. The minimum Gasteiger partial charge on any atom is -0.320 e. The second-order valence-electron chi connectivity index (χ2n) is 5.93. The summed E-state index contributed by atoms with van der Waals surface area (Å²) in [5.41, 5.74) is 2.37. The fraction of sp³-hybridized carbons (Fsp3) is 0.471. The number of aryl methyl sites for hydroxylation is 1. The maximum atomic E-state index is 12.4. The van der Waals surface area contributed by atoms with Crippen LogP contribution in [0.2, 0.25) is 0 Å². The summed E-state index contributed by atoms with van der Waals surface area (Å²) in [6.45, 7) is 4.09. The van der Waals surface area contributed by atoms with Crippen LogP contribution in [0.3, 0.4) is 0 Å². The van der Waals surface area contributed by atoms with Crippen molar-refractivity contribution in [2.75, 3.05) is 18.4 Å². The smallest absolute Gasteiger partial charge is 0.277 e. The van der Waals surface area contributed by atoms with Crippen LogP contribution in [-0.2, 0) is 6.42 Å². The van der Waals surface area contributed by atoms with Crippen molar-refractivity contribution < 1.29 is 4.79 Å². The van der Waals surface area contributed by atoms with Crippen LogP contribution < -0.4 is 10.6 Å². The van der Waals surface area contributed by atoms with E-state index in [0.717, 1.165) is 50.0 Å². The third kappa shape index (κ3) is 4.33. The third-order valence-corrected chi connectivity index (χ3v) is 4.21. The van der Waals surface area contributed by atoms with Crippen molar-refractivity contribution in [2.24, 2.45) is 0 Å². The number of hydrogen-bond acceptors (Lipinski definition) is 4. The summed E-state index contributed by atoms with van der Waals surface area (Å²) in [5, 5.41) is 14.5. The number of anilines is 1. The average molecular weight is 350 g/mol. The third-order valence-electron chi connectivity index (χ3n) is 4.21. The second-order valence-corrected chi connectivity index (χ2v) is 5.93. The van der Waals surface area contributed by atoms with E-state index in [2.05, 4.69) is 27.9 Å². The summed E-state index contributed by atoms with van der Waals surface area (Å²) in [6, 6.07) is 8.23. The highest BCUT2D eigenvalue weighted by Crippen LogP contribution is 2.19. The van der Waals surface area contributed by atoms with Crippen LogP contribution in [0.4, 0.5) is 5.69 Å². The summed E-state index contributed by atoms with van der Waals surface area (Å²) in [4.78, 5) is 12.4. The number of nitrogens with zero attached hydrogens (tertiary/aromatic N) is 3. The van der Waals surface area contributed by atoms with Gasteiger partial charge in [-0.3, -0.25) is 4.79 Å². The van der Waals surface area contributed by atoms with Gasteiger partial charge >= 0.3 is 0 Å². The molecule has 2 heterocycles.